The summed E-state index contributed by atoms with van der Waals surface area (Å²) in [4.78, 5) is 23.0. The number of amides is 1. The Morgan fingerprint density at radius 3 is 2.21 bits per heavy atom. The molecule has 0 aromatic rings. The van der Waals surface area contributed by atoms with Gasteiger partial charge in [-0.25, -0.2) is 0 Å². The molecule has 0 aromatic heterocycles. The lowest BCUT2D eigenvalue weighted by molar-refractivity contribution is -0.151. The second kappa shape index (κ2) is 8.15. The quantitative estimate of drug-likeness (QED) is 0.524. The molecule has 1 atom stereocenters. The second-order valence-electron chi connectivity index (χ2n) is 6.05. The third-order valence-electron chi connectivity index (χ3n) is 2.70. The first-order valence-electron chi connectivity index (χ1n) is 6.78. The molecule has 2 N–H and O–H groups in total. The van der Waals surface area contributed by atoms with Crippen LogP contribution in [0.25, 0.3) is 0 Å². The van der Waals surface area contributed by atoms with Crippen LogP contribution in [-0.4, -0.2) is 36.2 Å². The Kier molecular flexibility index (Phi) is 7.68. The van der Waals surface area contributed by atoms with Gasteiger partial charge in [0, 0.05) is 13.2 Å². The van der Waals surface area contributed by atoms with Crippen molar-refractivity contribution in [3.63, 3.8) is 0 Å². The molecule has 0 bridgehead atoms. The van der Waals surface area contributed by atoms with Crippen molar-refractivity contribution in [2.24, 2.45) is 11.3 Å². The molecule has 0 rings (SSSR count). The molecule has 1 unspecified atom stereocenters. The first kappa shape index (κ1) is 17.9. The molecule has 1 amide bonds. The number of carbonyl (C=O) groups excluding carboxylic acids is 1. The van der Waals surface area contributed by atoms with E-state index in [-0.39, 0.29) is 6.10 Å². The average Bonchev–Trinajstić information content (AvgIpc) is 2.19. The van der Waals surface area contributed by atoms with Crippen LogP contribution in [0.2, 0.25) is 0 Å². The summed E-state index contributed by atoms with van der Waals surface area (Å²) in [6.45, 7) is 10.4. The molecule has 0 saturated heterocycles. The Morgan fingerprint density at radius 2 is 1.79 bits per heavy atom. The van der Waals surface area contributed by atoms with Gasteiger partial charge in [0.2, 0.25) is 5.91 Å². The molecule has 0 spiro atoms. The molecule has 19 heavy (non-hydrogen) atoms. The van der Waals surface area contributed by atoms with Gasteiger partial charge in [0.25, 0.3) is 0 Å². The normalized spacial score (nSPS) is 13.4. The number of aliphatic carboxylic acids is 1. The maximum absolute atomic E-state index is 11.8. The van der Waals surface area contributed by atoms with Crippen molar-refractivity contribution in [1.29, 1.82) is 0 Å². The van der Waals surface area contributed by atoms with E-state index in [1.165, 1.54) is 0 Å². The van der Waals surface area contributed by atoms with Crippen LogP contribution in [0.3, 0.4) is 0 Å². The molecule has 0 aliphatic heterocycles. The van der Waals surface area contributed by atoms with Crippen LogP contribution < -0.4 is 5.32 Å². The van der Waals surface area contributed by atoms with E-state index in [4.69, 9.17) is 9.84 Å². The lowest BCUT2D eigenvalue weighted by Crippen LogP contribution is -2.43. The van der Waals surface area contributed by atoms with Crippen molar-refractivity contribution in [2.45, 2.75) is 53.6 Å². The summed E-state index contributed by atoms with van der Waals surface area (Å²) in [5.74, 6) is -2.50. The highest BCUT2D eigenvalue weighted by Crippen LogP contribution is 2.26. The summed E-state index contributed by atoms with van der Waals surface area (Å²) >= 11 is 0. The van der Waals surface area contributed by atoms with Gasteiger partial charge >= 0.3 is 5.97 Å². The van der Waals surface area contributed by atoms with Crippen LogP contribution in [-0.2, 0) is 14.3 Å². The van der Waals surface area contributed by atoms with E-state index < -0.39 is 23.2 Å². The molecule has 5 nitrogen and oxygen atoms in total. The van der Waals surface area contributed by atoms with E-state index >= 15 is 0 Å². The molecule has 112 valence electrons. The van der Waals surface area contributed by atoms with Crippen molar-refractivity contribution in [3.8, 4) is 0 Å². The van der Waals surface area contributed by atoms with Crippen LogP contribution in [0.1, 0.15) is 47.5 Å². The first-order valence-corrected chi connectivity index (χ1v) is 6.78. The predicted octanol–water partition coefficient (Wildman–Crippen LogP) is 2.05. The summed E-state index contributed by atoms with van der Waals surface area (Å²) in [5.41, 5.74) is -0.587. The molecular weight excluding hydrogens is 246 g/mol. The third kappa shape index (κ3) is 7.82. The van der Waals surface area contributed by atoms with Crippen LogP contribution in [0.4, 0.5) is 0 Å². The number of carboxylic acids is 1. The summed E-state index contributed by atoms with van der Waals surface area (Å²) in [5, 5.41) is 11.8. The molecule has 0 heterocycles. The average molecular weight is 273 g/mol. The van der Waals surface area contributed by atoms with Gasteiger partial charge in [-0.15, -0.1) is 0 Å². The van der Waals surface area contributed by atoms with Gasteiger partial charge in [-0.1, -0.05) is 20.8 Å². The number of ether oxygens (including phenoxy) is 1. The highest BCUT2D eigenvalue weighted by molar-refractivity contribution is 5.97. The second-order valence-corrected chi connectivity index (χ2v) is 6.05. The highest BCUT2D eigenvalue weighted by atomic mass is 16.5. The summed E-state index contributed by atoms with van der Waals surface area (Å²) in [6, 6.07) is 0. The molecule has 0 radical (unpaired) electrons. The smallest absolute Gasteiger partial charge is 0.316 e. The van der Waals surface area contributed by atoms with E-state index in [1.807, 2.05) is 13.8 Å². The zero-order chi connectivity index (χ0) is 15.1. The Morgan fingerprint density at radius 1 is 1.21 bits per heavy atom. The molecule has 5 heteroatoms. The van der Waals surface area contributed by atoms with E-state index in [1.54, 1.807) is 20.8 Å². The summed E-state index contributed by atoms with van der Waals surface area (Å²) in [6.07, 6.45) is 1.85. The maximum Gasteiger partial charge on any atom is 0.316 e. The number of hydrogen-bond donors (Lipinski definition) is 2. The fourth-order valence-corrected chi connectivity index (χ4v) is 1.74. The van der Waals surface area contributed by atoms with Crippen molar-refractivity contribution >= 4 is 11.9 Å². The van der Waals surface area contributed by atoms with E-state index in [0.717, 1.165) is 12.8 Å². The minimum atomic E-state index is -1.08. The number of unbranched alkanes of at least 4 members (excludes halogenated alkanes) is 1. The molecule has 0 saturated carbocycles. The fraction of sp³-hybridized carbons (Fsp3) is 0.857. The number of carboxylic acid groups (broad SMARTS) is 1. The van der Waals surface area contributed by atoms with Crippen molar-refractivity contribution in [2.75, 3.05) is 13.2 Å². The number of rotatable bonds is 8. The van der Waals surface area contributed by atoms with Crippen molar-refractivity contribution in [1.82, 2.24) is 5.32 Å². The highest BCUT2D eigenvalue weighted by Gasteiger charge is 2.37. The van der Waals surface area contributed by atoms with Crippen LogP contribution in [0, 0.1) is 11.3 Å². The van der Waals surface area contributed by atoms with E-state index in [0.29, 0.717) is 13.2 Å². The van der Waals surface area contributed by atoms with Gasteiger partial charge in [0.15, 0.2) is 0 Å². The molecule has 0 aliphatic carbocycles. The minimum Gasteiger partial charge on any atom is -0.481 e. The van der Waals surface area contributed by atoms with E-state index in [9.17, 15) is 9.59 Å². The Labute approximate surface area is 115 Å². The van der Waals surface area contributed by atoms with Crippen molar-refractivity contribution < 1.29 is 19.4 Å². The minimum absolute atomic E-state index is 0.215. The maximum atomic E-state index is 11.8. The fourth-order valence-electron chi connectivity index (χ4n) is 1.74. The van der Waals surface area contributed by atoms with Gasteiger partial charge in [-0.3, -0.25) is 9.59 Å². The van der Waals surface area contributed by atoms with Crippen LogP contribution >= 0.6 is 0 Å². The molecule has 0 aromatic carbocycles. The number of nitrogens with one attached hydrogen (secondary N) is 1. The molecule has 0 fully saturated rings. The van der Waals surface area contributed by atoms with Gasteiger partial charge in [0.1, 0.15) is 5.92 Å². The van der Waals surface area contributed by atoms with Gasteiger partial charge in [0.05, 0.1) is 6.10 Å². The van der Waals surface area contributed by atoms with Crippen LogP contribution in [0.5, 0.6) is 0 Å². The lowest BCUT2D eigenvalue weighted by atomic mass is 9.80. The standard InChI is InChI=1S/C14H27NO4/c1-10(2)19-9-7-6-8-15-12(16)11(13(17)18)14(3,4)5/h10-11H,6-9H2,1-5H3,(H,15,16)(H,17,18). The monoisotopic (exact) mass is 273 g/mol. The number of hydrogen-bond acceptors (Lipinski definition) is 3. The van der Waals surface area contributed by atoms with Gasteiger partial charge < -0.3 is 15.2 Å². The largest absolute Gasteiger partial charge is 0.481 e. The molecular formula is C14H27NO4. The van der Waals surface area contributed by atoms with Crippen LogP contribution in [0.15, 0.2) is 0 Å². The van der Waals surface area contributed by atoms with Gasteiger partial charge in [-0.05, 0) is 32.1 Å². The summed E-state index contributed by atoms with van der Waals surface area (Å²) in [7, 11) is 0. The predicted molar refractivity (Wildman–Crippen MR) is 73.9 cm³/mol. The Hall–Kier alpha value is -1.10. The Bertz CT molecular complexity index is 294. The van der Waals surface area contributed by atoms with E-state index in [2.05, 4.69) is 5.32 Å². The van der Waals surface area contributed by atoms with Gasteiger partial charge in [-0.2, -0.15) is 0 Å². The number of carbonyl (C=O) groups is 2. The third-order valence-corrected chi connectivity index (χ3v) is 2.70. The topological polar surface area (TPSA) is 75.6 Å². The SMILES string of the molecule is CC(C)OCCCCNC(=O)C(C(=O)O)C(C)(C)C. The Balaban J connectivity index is 3.99. The lowest BCUT2D eigenvalue weighted by Gasteiger charge is -2.25. The zero-order valence-electron chi connectivity index (χ0n) is 12.7. The summed E-state index contributed by atoms with van der Waals surface area (Å²) < 4.78 is 5.38. The molecule has 0 aliphatic rings. The van der Waals surface area contributed by atoms with Crippen molar-refractivity contribution in [3.05, 3.63) is 0 Å². The first-order chi connectivity index (χ1) is 8.66. The zero-order valence-corrected chi connectivity index (χ0v) is 12.7.